The lowest BCUT2D eigenvalue weighted by atomic mass is 9.69. The zero-order valence-corrected chi connectivity index (χ0v) is 15.3. The van der Waals surface area contributed by atoms with E-state index >= 15 is 0 Å². The van der Waals surface area contributed by atoms with Gasteiger partial charge in [0.1, 0.15) is 0 Å². The van der Waals surface area contributed by atoms with E-state index in [9.17, 15) is 0 Å². The molecule has 22 heavy (non-hydrogen) atoms. The summed E-state index contributed by atoms with van der Waals surface area (Å²) in [7, 11) is 0. The van der Waals surface area contributed by atoms with Crippen molar-refractivity contribution in [1.29, 1.82) is 0 Å². The number of hydrogen-bond acceptors (Lipinski definition) is 1. The van der Waals surface area contributed by atoms with Gasteiger partial charge >= 0.3 is 0 Å². The third-order valence-electron chi connectivity index (χ3n) is 6.41. The molecule has 0 aliphatic heterocycles. The van der Waals surface area contributed by atoms with E-state index in [4.69, 9.17) is 4.74 Å². The molecule has 0 aromatic heterocycles. The van der Waals surface area contributed by atoms with Crippen molar-refractivity contribution in [2.75, 3.05) is 13.2 Å². The van der Waals surface area contributed by atoms with Crippen LogP contribution in [-0.4, -0.2) is 13.2 Å². The van der Waals surface area contributed by atoms with E-state index < -0.39 is 0 Å². The normalized spacial score (nSPS) is 33.0. The summed E-state index contributed by atoms with van der Waals surface area (Å²) in [6, 6.07) is 0. The first-order valence-electron chi connectivity index (χ1n) is 10.4. The molecule has 0 heterocycles. The zero-order valence-electron chi connectivity index (χ0n) is 15.3. The lowest BCUT2D eigenvalue weighted by Gasteiger charge is -2.38. The summed E-state index contributed by atoms with van der Waals surface area (Å²) < 4.78 is 5.85. The summed E-state index contributed by atoms with van der Waals surface area (Å²) >= 11 is 0. The highest BCUT2D eigenvalue weighted by molar-refractivity contribution is 4.82. The van der Waals surface area contributed by atoms with Crippen LogP contribution in [0.3, 0.4) is 0 Å². The van der Waals surface area contributed by atoms with Crippen LogP contribution in [0.25, 0.3) is 0 Å². The van der Waals surface area contributed by atoms with Gasteiger partial charge in [-0.3, -0.25) is 0 Å². The smallest absolute Gasteiger partial charge is 0.0494 e. The summed E-state index contributed by atoms with van der Waals surface area (Å²) in [6.07, 6.45) is 18.8. The molecule has 2 saturated carbocycles. The van der Waals surface area contributed by atoms with Crippen LogP contribution in [0.4, 0.5) is 0 Å². The monoisotopic (exact) mass is 308 g/mol. The van der Waals surface area contributed by atoms with Gasteiger partial charge in [0.15, 0.2) is 0 Å². The van der Waals surface area contributed by atoms with Crippen LogP contribution in [-0.2, 0) is 4.74 Å². The van der Waals surface area contributed by atoms with E-state index in [0.29, 0.717) is 0 Å². The maximum absolute atomic E-state index is 5.85. The zero-order chi connectivity index (χ0) is 15.6. The van der Waals surface area contributed by atoms with Gasteiger partial charge in [-0.1, -0.05) is 52.4 Å². The van der Waals surface area contributed by atoms with Crippen molar-refractivity contribution < 1.29 is 4.74 Å². The van der Waals surface area contributed by atoms with Crippen molar-refractivity contribution in [3.8, 4) is 0 Å². The summed E-state index contributed by atoms with van der Waals surface area (Å²) in [4.78, 5) is 0. The van der Waals surface area contributed by atoms with E-state index in [1.54, 1.807) is 0 Å². The molecule has 2 aliphatic carbocycles. The molecule has 0 bridgehead atoms. The van der Waals surface area contributed by atoms with Gasteiger partial charge in [-0.2, -0.15) is 0 Å². The topological polar surface area (TPSA) is 9.23 Å². The Balaban J connectivity index is 1.57. The van der Waals surface area contributed by atoms with E-state index in [2.05, 4.69) is 13.8 Å². The molecule has 0 atom stereocenters. The van der Waals surface area contributed by atoms with Crippen molar-refractivity contribution >= 4 is 0 Å². The first-order valence-corrected chi connectivity index (χ1v) is 10.4. The number of ether oxygens (including phenoxy) is 1. The average molecular weight is 309 g/mol. The quantitative estimate of drug-likeness (QED) is 0.436. The maximum Gasteiger partial charge on any atom is 0.0494 e. The van der Waals surface area contributed by atoms with Crippen LogP contribution in [0.5, 0.6) is 0 Å². The summed E-state index contributed by atoms with van der Waals surface area (Å²) in [6.45, 7) is 6.59. The van der Waals surface area contributed by atoms with Crippen molar-refractivity contribution in [3.63, 3.8) is 0 Å². The Morgan fingerprint density at radius 2 is 1.23 bits per heavy atom. The molecule has 0 unspecified atom stereocenters. The highest BCUT2D eigenvalue weighted by Crippen LogP contribution is 2.42. The van der Waals surface area contributed by atoms with Crippen molar-refractivity contribution in [1.82, 2.24) is 0 Å². The van der Waals surface area contributed by atoms with Crippen LogP contribution < -0.4 is 0 Å². The molecule has 0 aromatic carbocycles. The molecule has 0 aromatic rings. The van der Waals surface area contributed by atoms with E-state index in [1.165, 1.54) is 83.5 Å². The van der Waals surface area contributed by atoms with Gasteiger partial charge < -0.3 is 4.74 Å². The van der Waals surface area contributed by atoms with Gasteiger partial charge in [-0.05, 0) is 68.6 Å². The fourth-order valence-corrected chi connectivity index (χ4v) is 4.76. The highest BCUT2D eigenvalue weighted by Gasteiger charge is 2.30. The van der Waals surface area contributed by atoms with Gasteiger partial charge in [0.05, 0.1) is 0 Å². The molecule has 0 N–H and O–H groups in total. The van der Waals surface area contributed by atoms with Gasteiger partial charge in [-0.25, -0.2) is 0 Å². The van der Waals surface area contributed by atoms with Crippen LogP contribution in [0, 0.1) is 23.7 Å². The minimum atomic E-state index is 0.869. The molecule has 1 nitrogen and oxygen atoms in total. The fraction of sp³-hybridized carbons (Fsp3) is 1.00. The molecule has 1 heteroatoms. The molecule has 0 saturated heterocycles. The second-order valence-electron chi connectivity index (χ2n) is 8.13. The van der Waals surface area contributed by atoms with E-state index in [1.807, 2.05) is 0 Å². The van der Waals surface area contributed by atoms with Gasteiger partial charge in [-0.15, -0.1) is 0 Å². The first-order chi connectivity index (χ1) is 10.8. The standard InChI is InChI=1S/C21H40O/c1-3-5-7-18-8-12-20(13-9-18)21-14-10-19(11-15-21)17-22-16-6-4-2/h18-21H,3-17H2,1-2H3. The van der Waals surface area contributed by atoms with Gasteiger partial charge in [0.25, 0.3) is 0 Å². The van der Waals surface area contributed by atoms with Crippen molar-refractivity contribution in [2.45, 2.75) is 97.3 Å². The average Bonchev–Trinajstić information content (AvgIpc) is 2.58. The largest absolute Gasteiger partial charge is 0.381 e. The Morgan fingerprint density at radius 3 is 1.77 bits per heavy atom. The third kappa shape index (κ3) is 6.22. The molecule has 130 valence electrons. The molecule has 2 rings (SSSR count). The maximum atomic E-state index is 5.85. The fourth-order valence-electron chi connectivity index (χ4n) is 4.76. The SMILES string of the molecule is CCCCOCC1CCC(C2CCC(CCCC)CC2)CC1. The molecule has 0 amide bonds. The van der Waals surface area contributed by atoms with Crippen LogP contribution >= 0.6 is 0 Å². The first kappa shape index (κ1) is 18.3. The van der Waals surface area contributed by atoms with Crippen molar-refractivity contribution in [2.24, 2.45) is 23.7 Å². The molecular formula is C21H40O. The molecule has 0 spiro atoms. The number of hydrogen-bond donors (Lipinski definition) is 0. The second kappa shape index (κ2) is 10.7. The minimum Gasteiger partial charge on any atom is -0.381 e. The van der Waals surface area contributed by atoms with Crippen molar-refractivity contribution in [3.05, 3.63) is 0 Å². The minimum absolute atomic E-state index is 0.869. The molecule has 0 radical (unpaired) electrons. The lowest BCUT2D eigenvalue weighted by molar-refractivity contribution is 0.0632. The Bertz CT molecular complexity index is 259. The Kier molecular flexibility index (Phi) is 8.89. The lowest BCUT2D eigenvalue weighted by Crippen LogP contribution is -2.27. The van der Waals surface area contributed by atoms with E-state index in [-0.39, 0.29) is 0 Å². The van der Waals surface area contributed by atoms with Crippen LogP contribution in [0.1, 0.15) is 97.3 Å². The Hall–Kier alpha value is -0.0400. The number of unbranched alkanes of at least 4 members (excludes halogenated alkanes) is 2. The van der Waals surface area contributed by atoms with Gasteiger partial charge in [0.2, 0.25) is 0 Å². The highest BCUT2D eigenvalue weighted by atomic mass is 16.5. The van der Waals surface area contributed by atoms with Crippen LogP contribution in [0.2, 0.25) is 0 Å². The predicted octanol–water partition coefficient (Wildman–Crippen LogP) is 6.61. The van der Waals surface area contributed by atoms with Crippen LogP contribution in [0.15, 0.2) is 0 Å². The number of rotatable bonds is 9. The molecular weight excluding hydrogens is 268 g/mol. The summed E-state index contributed by atoms with van der Waals surface area (Å²) in [5, 5.41) is 0. The second-order valence-corrected chi connectivity index (χ2v) is 8.13. The predicted molar refractivity (Wildman–Crippen MR) is 96.1 cm³/mol. The summed E-state index contributed by atoms with van der Waals surface area (Å²) in [5.41, 5.74) is 0. The molecule has 2 aliphatic rings. The Morgan fingerprint density at radius 1 is 0.682 bits per heavy atom. The third-order valence-corrected chi connectivity index (χ3v) is 6.41. The van der Waals surface area contributed by atoms with Gasteiger partial charge in [0, 0.05) is 13.2 Å². The Labute approximate surface area is 139 Å². The molecule has 2 fully saturated rings. The summed E-state index contributed by atoms with van der Waals surface area (Å²) in [5.74, 6) is 4.06. The van der Waals surface area contributed by atoms with E-state index in [0.717, 1.165) is 36.9 Å².